The van der Waals surface area contributed by atoms with Crippen molar-refractivity contribution in [3.63, 3.8) is 0 Å². The highest BCUT2D eigenvalue weighted by Crippen LogP contribution is 2.36. The second-order valence-corrected chi connectivity index (χ2v) is 4.80. The summed E-state index contributed by atoms with van der Waals surface area (Å²) < 4.78 is 38.2. The lowest BCUT2D eigenvalue weighted by Gasteiger charge is -2.12. The summed E-state index contributed by atoms with van der Waals surface area (Å²) in [5, 5.41) is 9.21. The molecule has 2 aromatic rings. The molecule has 0 aliphatic carbocycles. The van der Waals surface area contributed by atoms with Gasteiger partial charge in [0.15, 0.2) is 0 Å². The molecular weight excluding hydrogens is 330 g/mol. The molecule has 0 bridgehead atoms. The molecule has 2 rings (SSSR count). The molecule has 1 N–H and O–H groups in total. The first-order chi connectivity index (χ1) is 9.71. The molecule has 0 saturated heterocycles. The zero-order valence-electron chi connectivity index (χ0n) is 10.1. The number of aromatic carboxylic acids is 1. The van der Waals surface area contributed by atoms with Crippen LogP contribution in [0.15, 0.2) is 30.5 Å². The molecular formula is C13H6Cl2F3NO2. The number of alkyl halides is 3. The first-order valence-corrected chi connectivity index (χ1v) is 6.22. The summed E-state index contributed by atoms with van der Waals surface area (Å²) in [6.45, 7) is 0. The van der Waals surface area contributed by atoms with E-state index in [1.807, 2.05) is 0 Å². The normalized spacial score (nSPS) is 11.5. The molecule has 1 aromatic heterocycles. The Kier molecular flexibility index (Phi) is 4.11. The third-order valence-electron chi connectivity index (χ3n) is 2.67. The summed E-state index contributed by atoms with van der Waals surface area (Å²) >= 11 is 11.8. The van der Waals surface area contributed by atoms with Crippen LogP contribution in [-0.4, -0.2) is 16.1 Å². The van der Waals surface area contributed by atoms with E-state index in [2.05, 4.69) is 4.98 Å². The van der Waals surface area contributed by atoms with Gasteiger partial charge < -0.3 is 5.11 Å². The van der Waals surface area contributed by atoms with Gasteiger partial charge in [0.25, 0.3) is 0 Å². The molecule has 0 saturated carbocycles. The van der Waals surface area contributed by atoms with Crippen molar-refractivity contribution in [2.24, 2.45) is 0 Å². The van der Waals surface area contributed by atoms with E-state index in [4.69, 9.17) is 28.3 Å². The second-order valence-electron chi connectivity index (χ2n) is 4.02. The van der Waals surface area contributed by atoms with Crippen LogP contribution in [-0.2, 0) is 6.18 Å². The van der Waals surface area contributed by atoms with Gasteiger partial charge in [0, 0.05) is 11.8 Å². The number of aromatic nitrogens is 1. The van der Waals surface area contributed by atoms with Crippen molar-refractivity contribution in [2.75, 3.05) is 0 Å². The maximum Gasteiger partial charge on any atom is 0.418 e. The van der Waals surface area contributed by atoms with Crippen LogP contribution in [0.3, 0.4) is 0 Å². The van der Waals surface area contributed by atoms with Crippen LogP contribution in [0.4, 0.5) is 13.2 Å². The highest BCUT2D eigenvalue weighted by molar-refractivity contribution is 6.43. The van der Waals surface area contributed by atoms with Gasteiger partial charge in [0.2, 0.25) is 0 Å². The van der Waals surface area contributed by atoms with Crippen molar-refractivity contribution >= 4 is 29.2 Å². The first-order valence-electron chi connectivity index (χ1n) is 5.46. The lowest BCUT2D eigenvalue weighted by Crippen LogP contribution is -2.13. The van der Waals surface area contributed by atoms with Gasteiger partial charge in [-0.3, -0.25) is 4.98 Å². The van der Waals surface area contributed by atoms with Crippen molar-refractivity contribution < 1.29 is 23.1 Å². The number of nitrogens with zero attached hydrogens (tertiary/aromatic N) is 1. The average Bonchev–Trinajstić information content (AvgIpc) is 2.40. The average molecular weight is 336 g/mol. The maximum atomic E-state index is 12.7. The SMILES string of the molecule is O=C(O)c1cc(-c2cccc(Cl)c2Cl)ncc1C(F)(F)F. The fraction of sp³-hybridized carbons (Fsp3) is 0.0769. The Hall–Kier alpha value is -1.79. The molecule has 1 aromatic carbocycles. The van der Waals surface area contributed by atoms with Crippen LogP contribution < -0.4 is 0 Å². The molecule has 0 fully saturated rings. The van der Waals surface area contributed by atoms with E-state index in [9.17, 15) is 18.0 Å². The van der Waals surface area contributed by atoms with Crippen LogP contribution >= 0.6 is 23.2 Å². The summed E-state index contributed by atoms with van der Waals surface area (Å²) in [5.41, 5.74) is -1.98. The van der Waals surface area contributed by atoms with Gasteiger partial charge in [0.1, 0.15) is 0 Å². The van der Waals surface area contributed by atoms with E-state index in [0.29, 0.717) is 6.20 Å². The minimum atomic E-state index is -4.81. The standard InChI is InChI=1S/C13H6Cl2F3NO2/c14-9-3-1-2-6(11(9)15)10-4-7(12(20)21)8(5-19-10)13(16,17)18/h1-5H,(H,20,21). The monoisotopic (exact) mass is 335 g/mol. The molecule has 110 valence electrons. The highest BCUT2D eigenvalue weighted by atomic mass is 35.5. The molecule has 0 spiro atoms. The van der Waals surface area contributed by atoms with Gasteiger partial charge in [-0.2, -0.15) is 13.2 Å². The van der Waals surface area contributed by atoms with Crippen molar-refractivity contribution in [3.8, 4) is 11.3 Å². The molecule has 0 atom stereocenters. The predicted octanol–water partition coefficient (Wildman–Crippen LogP) is 4.77. The fourth-order valence-electron chi connectivity index (χ4n) is 1.71. The molecule has 0 radical (unpaired) electrons. The van der Waals surface area contributed by atoms with Crippen LogP contribution in [0, 0.1) is 0 Å². The van der Waals surface area contributed by atoms with Crippen molar-refractivity contribution in [1.29, 1.82) is 0 Å². The summed E-state index contributed by atoms with van der Waals surface area (Å²) in [6.07, 6.45) is -4.34. The molecule has 8 heteroatoms. The number of rotatable bonds is 2. The second kappa shape index (κ2) is 5.54. The van der Waals surface area contributed by atoms with Crippen LogP contribution in [0.1, 0.15) is 15.9 Å². The van der Waals surface area contributed by atoms with E-state index < -0.39 is 23.3 Å². The summed E-state index contributed by atoms with van der Waals surface area (Å²) in [7, 11) is 0. The minimum absolute atomic E-state index is 0.00657. The molecule has 0 aliphatic rings. The van der Waals surface area contributed by atoms with Gasteiger partial charge in [-0.05, 0) is 12.1 Å². The van der Waals surface area contributed by atoms with Gasteiger partial charge in [-0.25, -0.2) is 4.79 Å². The van der Waals surface area contributed by atoms with Gasteiger partial charge >= 0.3 is 12.1 Å². The molecule has 21 heavy (non-hydrogen) atoms. The number of hydrogen-bond acceptors (Lipinski definition) is 2. The van der Waals surface area contributed by atoms with Crippen LogP contribution in [0.5, 0.6) is 0 Å². The predicted molar refractivity (Wildman–Crippen MR) is 71.7 cm³/mol. The van der Waals surface area contributed by atoms with Crippen LogP contribution in [0.25, 0.3) is 11.3 Å². The lowest BCUT2D eigenvalue weighted by molar-refractivity contribution is -0.138. The Morgan fingerprint density at radius 3 is 2.48 bits per heavy atom. The minimum Gasteiger partial charge on any atom is -0.478 e. The number of halogens is 5. The third-order valence-corrected chi connectivity index (χ3v) is 3.49. The van der Waals surface area contributed by atoms with Gasteiger partial charge in [-0.1, -0.05) is 35.3 Å². The largest absolute Gasteiger partial charge is 0.478 e. The molecule has 0 unspecified atom stereocenters. The summed E-state index contributed by atoms with van der Waals surface area (Å²) in [5.74, 6) is -1.70. The summed E-state index contributed by atoms with van der Waals surface area (Å²) in [4.78, 5) is 14.7. The number of carboxylic acids is 1. The Balaban J connectivity index is 2.66. The number of carbonyl (C=O) groups is 1. The zero-order valence-corrected chi connectivity index (χ0v) is 11.6. The number of pyridine rings is 1. The van der Waals surface area contributed by atoms with E-state index >= 15 is 0 Å². The van der Waals surface area contributed by atoms with Crippen molar-refractivity contribution in [1.82, 2.24) is 4.98 Å². The quantitative estimate of drug-likeness (QED) is 0.859. The number of carboxylic acid groups (broad SMARTS) is 1. The van der Waals surface area contributed by atoms with Crippen LogP contribution in [0.2, 0.25) is 10.0 Å². The maximum absolute atomic E-state index is 12.7. The van der Waals surface area contributed by atoms with Gasteiger partial charge in [-0.15, -0.1) is 0 Å². The molecule has 0 amide bonds. The molecule has 3 nitrogen and oxygen atoms in total. The third kappa shape index (κ3) is 3.11. The number of hydrogen-bond donors (Lipinski definition) is 1. The smallest absolute Gasteiger partial charge is 0.418 e. The first kappa shape index (κ1) is 15.6. The Bertz CT molecular complexity index is 717. The number of benzene rings is 1. The Morgan fingerprint density at radius 1 is 1.24 bits per heavy atom. The van der Waals surface area contributed by atoms with Gasteiger partial charge in [0.05, 0.1) is 26.9 Å². The molecule has 1 heterocycles. The zero-order chi connectivity index (χ0) is 15.8. The summed E-state index contributed by atoms with van der Waals surface area (Å²) in [6, 6.07) is 5.33. The Morgan fingerprint density at radius 2 is 1.90 bits per heavy atom. The fourth-order valence-corrected chi connectivity index (χ4v) is 2.10. The lowest BCUT2D eigenvalue weighted by atomic mass is 10.0. The van der Waals surface area contributed by atoms with Crippen molar-refractivity contribution in [3.05, 3.63) is 51.6 Å². The molecule has 0 aliphatic heterocycles. The van der Waals surface area contributed by atoms with E-state index in [1.54, 1.807) is 0 Å². The Labute approximate surface area is 126 Å². The van der Waals surface area contributed by atoms with E-state index in [0.717, 1.165) is 6.07 Å². The highest BCUT2D eigenvalue weighted by Gasteiger charge is 2.36. The van der Waals surface area contributed by atoms with E-state index in [-0.39, 0.29) is 21.3 Å². The van der Waals surface area contributed by atoms with E-state index in [1.165, 1.54) is 18.2 Å². The topological polar surface area (TPSA) is 50.2 Å². The van der Waals surface area contributed by atoms with Crippen molar-refractivity contribution in [2.45, 2.75) is 6.18 Å².